The first-order valence-electron chi connectivity index (χ1n) is 6.91. The van der Waals surface area contributed by atoms with E-state index in [9.17, 15) is 0 Å². The number of hydrogen-bond acceptors (Lipinski definition) is 1. The molecule has 1 saturated carbocycles. The van der Waals surface area contributed by atoms with E-state index >= 15 is 0 Å². The molecule has 1 aliphatic carbocycles. The minimum atomic E-state index is 0.366. The monoisotopic (exact) mass is 349 g/mol. The zero-order valence-electron chi connectivity index (χ0n) is 11.4. The van der Waals surface area contributed by atoms with Crippen LogP contribution in [0.1, 0.15) is 30.0 Å². The van der Waals surface area contributed by atoms with E-state index in [4.69, 9.17) is 11.6 Å². The average Bonchev–Trinajstić information content (AvgIpc) is 3.25. The molecular formula is C17H17BrClN. The first kappa shape index (κ1) is 14.0. The van der Waals surface area contributed by atoms with Gasteiger partial charge in [-0.1, -0.05) is 29.8 Å². The van der Waals surface area contributed by atoms with Crippen LogP contribution < -0.4 is 5.32 Å². The summed E-state index contributed by atoms with van der Waals surface area (Å²) in [4.78, 5) is 0. The van der Waals surface area contributed by atoms with Crippen molar-refractivity contribution in [2.45, 2.75) is 25.8 Å². The number of aryl methyl sites for hydroxylation is 1. The summed E-state index contributed by atoms with van der Waals surface area (Å²) in [6.45, 7) is 2.12. The van der Waals surface area contributed by atoms with Crippen LogP contribution in [0.25, 0.3) is 0 Å². The van der Waals surface area contributed by atoms with Gasteiger partial charge in [0.15, 0.2) is 0 Å². The number of benzene rings is 2. The maximum absolute atomic E-state index is 5.99. The zero-order valence-corrected chi connectivity index (χ0v) is 13.7. The van der Waals surface area contributed by atoms with Crippen LogP contribution in [0.5, 0.6) is 0 Å². The number of rotatable bonds is 4. The summed E-state index contributed by atoms with van der Waals surface area (Å²) in [5.74, 6) is 0.726. The maximum atomic E-state index is 5.99. The molecule has 0 heterocycles. The van der Waals surface area contributed by atoms with Gasteiger partial charge in [-0.05, 0) is 77.0 Å². The van der Waals surface area contributed by atoms with E-state index in [1.165, 1.54) is 24.0 Å². The fourth-order valence-corrected chi connectivity index (χ4v) is 2.98. The largest absolute Gasteiger partial charge is 0.377 e. The van der Waals surface area contributed by atoms with Crippen molar-refractivity contribution in [1.29, 1.82) is 0 Å². The third-order valence-corrected chi connectivity index (χ3v) is 4.70. The van der Waals surface area contributed by atoms with Crippen LogP contribution in [0.3, 0.4) is 0 Å². The molecule has 104 valence electrons. The maximum Gasteiger partial charge on any atom is 0.0542 e. The van der Waals surface area contributed by atoms with Gasteiger partial charge in [0.1, 0.15) is 0 Å². The zero-order chi connectivity index (χ0) is 14.1. The first-order valence-corrected chi connectivity index (χ1v) is 8.09. The smallest absolute Gasteiger partial charge is 0.0542 e. The molecule has 3 heteroatoms. The molecule has 1 fully saturated rings. The second-order valence-corrected chi connectivity index (χ2v) is 6.79. The van der Waals surface area contributed by atoms with Crippen molar-refractivity contribution in [3.05, 3.63) is 63.1 Å². The van der Waals surface area contributed by atoms with Crippen molar-refractivity contribution < 1.29 is 0 Å². The molecule has 20 heavy (non-hydrogen) atoms. The Morgan fingerprint density at radius 1 is 1.15 bits per heavy atom. The highest BCUT2D eigenvalue weighted by molar-refractivity contribution is 9.10. The summed E-state index contributed by atoms with van der Waals surface area (Å²) in [6, 6.07) is 15.0. The van der Waals surface area contributed by atoms with Crippen molar-refractivity contribution in [2.24, 2.45) is 5.92 Å². The van der Waals surface area contributed by atoms with Crippen LogP contribution in [0, 0.1) is 12.8 Å². The van der Waals surface area contributed by atoms with Gasteiger partial charge in [-0.25, -0.2) is 0 Å². The molecule has 3 rings (SSSR count). The number of nitrogens with one attached hydrogen (secondary N) is 1. The van der Waals surface area contributed by atoms with E-state index in [2.05, 4.69) is 58.5 Å². The molecule has 0 amide bonds. The second kappa shape index (κ2) is 5.79. The predicted octanol–water partition coefficient (Wildman–Crippen LogP) is 5.97. The van der Waals surface area contributed by atoms with E-state index in [0.717, 1.165) is 21.1 Å². The summed E-state index contributed by atoms with van der Waals surface area (Å²) in [7, 11) is 0. The van der Waals surface area contributed by atoms with E-state index in [1.54, 1.807) is 0 Å². The van der Waals surface area contributed by atoms with E-state index in [1.807, 2.05) is 12.1 Å². The highest BCUT2D eigenvalue weighted by Gasteiger charge is 2.32. The quantitative estimate of drug-likeness (QED) is 0.716. The van der Waals surface area contributed by atoms with Crippen molar-refractivity contribution in [2.75, 3.05) is 5.32 Å². The molecule has 1 nitrogen and oxygen atoms in total. The van der Waals surface area contributed by atoms with Crippen molar-refractivity contribution in [3.63, 3.8) is 0 Å². The summed E-state index contributed by atoms with van der Waals surface area (Å²) >= 11 is 9.62. The van der Waals surface area contributed by atoms with Crippen molar-refractivity contribution >= 4 is 33.2 Å². The van der Waals surface area contributed by atoms with Crippen molar-refractivity contribution in [1.82, 2.24) is 0 Å². The van der Waals surface area contributed by atoms with Crippen LogP contribution in [-0.2, 0) is 0 Å². The first-order chi connectivity index (χ1) is 9.63. The van der Waals surface area contributed by atoms with Crippen LogP contribution in [0.2, 0.25) is 5.02 Å². The lowest BCUT2D eigenvalue weighted by Gasteiger charge is -2.21. The molecule has 1 aliphatic rings. The van der Waals surface area contributed by atoms with Gasteiger partial charge in [-0.2, -0.15) is 0 Å². The molecule has 0 bridgehead atoms. The second-order valence-electron chi connectivity index (χ2n) is 5.49. The lowest BCUT2D eigenvalue weighted by atomic mass is 10.0. The average molecular weight is 351 g/mol. The van der Waals surface area contributed by atoms with Crippen LogP contribution in [0.15, 0.2) is 46.9 Å². The number of halogens is 2. The minimum Gasteiger partial charge on any atom is -0.377 e. The van der Waals surface area contributed by atoms with Gasteiger partial charge in [-0.3, -0.25) is 0 Å². The van der Waals surface area contributed by atoms with Gasteiger partial charge in [0, 0.05) is 15.2 Å². The minimum absolute atomic E-state index is 0.366. The Morgan fingerprint density at radius 3 is 2.50 bits per heavy atom. The highest BCUT2D eigenvalue weighted by Crippen LogP contribution is 2.43. The Hall–Kier alpha value is -0.990. The van der Waals surface area contributed by atoms with E-state index < -0.39 is 0 Å². The molecule has 0 aliphatic heterocycles. The lowest BCUT2D eigenvalue weighted by Crippen LogP contribution is -2.13. The molecule has 0 aromatic heterocycles. The molecule has 0 spiro atoms. The molecule has 1 unspecified atom stereocenters. The summed E-state index contributed by atoms with van der Waals surface area (Å²) in [6.07, 6.45) is 2.59. The summed E-state index contributed by atoms with van der Waals surface area (Å²) in [5.41, 5.74) is 3.74. The van der Waals surface area contributed by atoms with Gasteiger partial charge < -0.3 is 5.32 Å². The topological polar surface area (TPSA) is 12.0 Å². The highest BCUT2D eigenvalue weighted by atomic mass is 79.9. The van der Waals surface area contributed by atoms with E-state index in [-0.39, 0.29) is 0 Å². The summed E-state index contributed by atoms with van der Waals surface area (Å²) < 4.78 is 1.11. The van der Waals surface area contributed by atoms with E-state index in [0.29, 0.717) is 6.04 Å². The van der Waals surface area contributed by atoms with Gasteiger partial charge in [-0.15, -0.1) is 0 Å². The third kappa shape index (κ3) is 3.18. The Kier molecular flexibility index (Phi) is 4.04. The Balaban J connectivity index is 1.88. The standard InChI is InChI=1S/C17H17BrClN/c1-11-2-9-15(18)16(10-11)20-17(12-3-4-12)13-5-7-14(19)8-6-13/h2,5-10,12,17,20H,3-4H2,1H3. The molecular weight excluding hydrogens is 334 g/mol. The number of anilines is 1. The van der Waals surface area contributed by atoms with Gasteiger partial charge in [0.25, 0.3) is 0 Å². The SMILES string of the molecule is Cc1ccc(Br)c(NC(c2ccc(Cl)cc2)C2CC2)c1. The fourth-order valence-electron chi connectivity index (χ4n) is 2.49. The molecule has 0 radical (unpaired) electrons. The number of hydrogen-bond donors (Lipinski definition) is 1. The molecule has 0 saturated heterocycles. The van der Waals surface area contributed by atoms with Gasteiger partial charge >= 0.3 is 0 Å². The fraction of sp³-hybridized carbons (Fsp3) is 0.294. The van der Waals surface area contributed by atoms with Crippen molar-refractivity contribution in [3.8, 4) is 0 Å². The summed E-state index contributed by atoms with van der Waals surface area (Å²) in [5, 5.41) is 4.49. The lowest BCUT2D eigenvalue weighted by molar-refractivity contribution is 0.678. The molecule has 2 aromatic carbocycles. The van der Waals surface area contributed by atoms with Crippen LogP contribution in [0.4, 0.5) is 5.69 Å². The van der Waals surface area contributed by atoms with Gasteiger partial charge in [0.2, 0.25) is 0 Å². The predicted molar refractivity (Wildman–Crippen MR) is 89.4 cm³/mol. The Labute approximate surface area is 133 Å². The van der Waals surface area contributed by atoms with Crippen LogP contribution in [-0.4, -0.2) is 0 Å². The Bertz CT molecular complexity index is 605. The Morgan fingerprint density at radius 2 is 1.85 bits per heavy atom. The van der Waals surface area contributed by atoms with Crippen LogP contribution >= 0.6 is 27.5 Å². The third-order valence-electron chi connectivity index (χ3n) is 3.76. The molecule has 2 aromatic rings. The molecule has 1 N–H and O–H groups in total. The normalized spacial score (nSPS) is 15.9. The van der Waals surface area contributed by atoms with Gasteiger partial charge in [0.05, 0.1) is 6.04 Å². The molecule has 1 atom stereocenters.